The molecule has 0 bridgehead atoms. The number of carboxylic acid groups (broad SMARTS) is 1. The smallest absolute Gasteiger partial charge is 0.416 e. The highest BCUT2D eigenvalue weighted by molar-refractivity contribution is 7.89. The number of hydrogen-bond donors (Lipinski definition) is 2. The van der Waals surface area contributed by atoms with Crippen molar-refractivity contribution in [3.8, 4) is 0 Å². The van der Waals surface area contributed by atoms with E-state index in [1.807, 2.05) is 4.72 Å². The van der Waals surface area contributed by atoms with Gasteiger partial charge in [0.2, 0.25) is 15.9 Å². The first-order valence-electron chi connectivity index (χ1n) is 7.59. The van der Waals surface area contributed by atoms with Crippen LogP contribution in [0.25, 0.3) is 0 Å². The number of amides is 1. The van der Waals surface area contributed by atoms with Crippen molar-refractivity contribution in [1.29, 1.82) is 0 Å². The monoisotopic (exact) mass is 394 g/mol. The molecule has 7 nitrogen and oxygen atoms in total. The summed E-state index contributed by atoms with van der Waals surface area (Å²) in [6, 6.07) is 3.11. The Morgan fingerprint density at radius 1 is 1.35 bits per heavy atom. The number of nitrogens with zero attached hydrogens (tertiary/aromatic N) is 1. The number of halogens is 3. The van der Waals surface area contributed by atoms with Gasteiger partial charge in [-0.15, -0.1) is 0 Å². The Hall–Kier alpha value is -2.14. The molecule has 0 radical (unpaired) electrons. The molecular formula is C15H17F3N2O5S. The van der Waals surface area contributed by atoms with Gasteiger partial charge in [-0.2, -0.15) is 13.2 Å². The van der Waals surface area contributed by atoms with Crippen LogP contribution in [-0.4, -0.2) is 48.9 Å². The molecule has 2 N–H and O–H groups in total. The molecule has 1 aliphatic rings. The molecule has 1 unspecified atom stereocenters. The second kappa shape index (κ2) is 6.88. The topological polar surface area (TPSA) is 104 Å². The summed E-state index contributed by atoms with van der Waals surface area (Å²) in [5.74, 6) is -1.97. The van der Waals surface area contributed by atoms with Crippen molar-refractivity contribution >= 4 is 21.9 Å². The number of benzene rings is 1. The molecule has 0 aromatic heterocycles. The summed E-state index contributed by atoms with van der Waals surface area (Å²) in [5.41, 5.74) is -2.57. The molecule has 1 saturated heterocycles. The van der Waals surface area contributed by atoms with E-state index in [0.29, 0.717) is 12.5 Å². The van der Waals surface area contributed by atoms with Gasteiger partial charge in [-0.05, 0) is 38.0 Å². The second-order valence-corrected chi connectivity index (χ2v) is 7.85. The summed E-state index contributed by atoms with van der Waals surface area (Å²) in [6.07, 6.45) is -4.02. The summed E-state index contributed by atoms with van der Waals surface area (Å²) >= 11 is 0. The number of nitrogens with one attached hydrogen (secondary N) is 1. The number of aliphatic carboxylic acids is 1. The predicted molar refractivity (Wildman–Crippen MR) is 83.6 cm³/mol. The van der Waals surface area contributed by atoms with E-state index in [0.717, 1.165) is 23.1 Å². The number of rotatable bonds is 5. The van der Waals surface area contributed by atoms with Crippen LogP contribution < -0.4 is 4.72 Å². The largest absolute Gasteiger partial charge is 0.480 e. The van der Waals surface area contributed by atoms with Gasteiger partial charge in [-0.3, -0.25) is 4.79 Å². The number of carbonyl (C=O) groups excluding carboxylic acids is 1. The Kier molecular flexibility index (Phi) is 5.34. The van der Waals surface area contributed by atoms with Crippen LogP contribution in [-0.2, 0) is 25.8 Å². The molecular weight excluding hydrogens is 377 g/mol. The lowest BCUT2D eigenvalue weighted by Gasteiger charge is -2.31. The lowest BCUT2D eigenvalue weighted by atomic mass is 9.99. The predicted octanol–water partition coefficient (Wildman–Crippen LogP) is 1.45. The lowest BCUT2D eigenvalue weighted by Crippen LogP contribution is -2.53. The molecule has 2 rings (SSSR count). The first kappa shape index (κ1) is 20.2. The summed E-state index contributed by atoms with van der Waals surface area (Å²) < 4.78 is 64.4. The molecule has 26 heavy (non-hydrogen) atoms. The van der Waals surface area contributed by atoms with Gasteiger partial charge in [-0.1, -0.05) is 6.07 Å². The zero-order chi connectivity index (χ0) is 19.8. The van der Waals surface area contributed by atoms with Gasteiger partial charge < -0.3 is 10.0 Å². The number of hydrogen-bond acceptors (Lipinski definition) is 4. The standard InChI is InChI=1S/C15H17F3N2O5S/c1-14(13(22)23)6-3-7-20(14)12(21)9-19-26(24,25)11-5-2-4-10(8-11)15(16,17)18/h2,4-5,8,19H,3,6-7,9H2,1H3,(H,22,23). The summed E-state index contributed by atoms with van der Waals surface area (Å²) in [4.78, 5) is 24.0. The molecule has 1 aromatic carbocycles. The maximum absolute atomic E-state index is 12.7. The fourth-order valence-corrected chi connectivity index (χ4v) is 3.78. The number of carboxylic acids is 1. The van der Waals surface area contributed by atoms with Crippen molar-refractivity contribution in [3.05, 3.63) is 29.8 Å². The minimum Gasteiger partial charge on any atom is -0.480 e. The minimum absolute atomic E-state index is 0.160. The molecule has 1 heterocycles. The van der Waals surface area contributed by atoms with Crippen LogP contribution in [0.2, 0.25) is 0 Å². The lowest BCUT2D eigenvalue weighted by molar-refractivity contribution is -0.154. The third-order valence-electron chi connectivity index (χ3n) is 4.29. The Morgan fingerprint density at radius 3 is 2.58 bits per heavy atom. The molecule has 1 aliphatic heterocycles. The zero-order valence-corrected chi connectivity index (χ0v) is 14.5. The minimum atomic E-state index is -4.71. The Morgan fingerprint density at radius 2 is 2.00 bits per heavy atom. The van der Waals surface area contributed by atoms with E-state index in [9.17, 15) is 36.3 Å². The number of sulfonamides is 1. The quantitative estimate of drug-likeness (QED) is 0.787. The summed E-state index contributed by atoms with van der Waals surface area (Å²) in [7, 11) is -4.37. The first-order valence-corrected chi connectivity index (χ1v) is 9.07. The highest BCUT2D eigenvalue weighted by atomic mass is 32.2. The maximum Gasteiger partial charge on any atom is 0.416 e. The number of likely N-dealkylation sites (tertiary alicyclic amines) is 1. The highest BCUT2D eigenvalue weighted by Gasteiger charge is 2.45. The maximum atomic E-state index is 12.7. The van der Waals surface area contributed by atoms with Gasteiger partial charge in [0.05, 0.1) is 17.0 Å². The third-order valence-corrected chi connectivity index (χ3v) is 5.69. The molecule has 1 atom stereocenters. The van der Waals surface area contributed by atoms with E-state index in [4.69, 9.17) is 0 Å². The van der Waals surface area contributed by atoms with Crippen LogP contribution in [0.1, 0.15) is 25.3 Å². The highest BCUT2D eigenvalue weighted by Crippen LogP contribution is 2.31. The molecule has 0 aliphatic carbocycles. The van der Waals surface area contributed by atoms with Crippen molar-refractivity contribution in [1.82, 2.24) is 9.62 Å². The molecule has 1 aromatic rings. The fraction of sp³-hybridized carbons (Fsp3) is 0.467. The van der Waals surface area contributed by atoms with E-state index in [1.165, 1.54) is 6.92 Å². The van der Waals surface area contributed by atoms with Gasteiger partial charge >= 0.3 is 12.1 Å². The van der Waals surface area contributed by atoms with Crippen molar-refractivity contribution < 1.29 is 36.3 Å². The van der Waals surface area contributed by atoms with Gasteiger partial charge in [0.25, 0.3) is 0 Å². The fourth-order valence-electron chi connectivity index (χ4n) is 2.76. The van der Waals surface area contributed by atoms with Crippen LogP contribution in [0.15, 0.2) is 29.2 Å². The Bertz CT molecular complexity index is 825. The molecule has 0 saturated carbocycles. The van der Waals surface area contributed by atoms with Crippen LogP contribution in [0.3, 0.4) is 0 Å². The average molecular weight is 394 g/mol. The van der Waals surface area contributed by atoms with Crippen LogP contribution in [0.4, 0.5) is 13.2 Å². The van der Waals surface area contributed by atoms with Crippen molar-refractivity contribution in [2.75, 3.05) is 13.1 Å². The van der Waals surface area contributed by atoms with Crippen molar-refractivity contribution in [2.45, 2.75) is 36.4 Å². The number of carbonyl (C=O) groups is 2. The van der Waals surface area contributed by atoms with Crippen LogP contribution in [0, 0.1) is 0 Å². The summed E-state index contributed by atoms with van der Waals surface area (Å²) in [6.45, 7) is 0.774. The van der Waals surface area contributed by atoms with Crippen LogP contribution in [0.5, 0.6) is 0 Å². The molecule has 144 valence electrons. The van der Waals surface area contributed by atoms with Crippen molar-refractivity contribution in [3.63, 3.8) is 0 Å². The third kappa shape index (κ3) is 3.98. The van der Waals surface area contributed by atoms with E-state index in [-0.39, 0.29) is 13.0 Å². The van der Waals surface area contributed by atoms with Gasteiger partial charge in [0, 0.05) is 6.54 Å². The van der Waals surface area contributed by atoms with Gasteiger partial charge in [0.15, 0.2) is 0 Å². The van der Waals surface area contributed by atoms with Crippen LogP contribution >= 0.6 is 0 Å². The second-order valence-electron chi connectivity index (χ2n) is 6.08. The molecule has 1 fully saturated rings. The molecule has 1 amide bonds. The van der Waals surface area contributed by atoms with E-state index < -0.39 is 50.6 Å². The van der Waals surface area contributed by atoms with E-state index in [1.54, 1.807) is 0 Å². The zero-order valence-electron chi connectivity index (χ0n) is 13.7. The summed E-state index contributed by atoms with van der Waals surface area (Å²) in [5, 5.41) is 9.27. The van der Waals surface area contributed by atoms with E-state index >= 15 is 0 Å². The first-order chi connectivity index (χ1) is 11.9. The average Bonchev–Trinajstić information content (AvgIpc) is 2.95. The van der Waals surface area contributed by atoms with Gasteiger partial charge in [0.1, 0.15) is 5.54 Å². The number of alkyl halides is 3. The normalized spacial score (nSPS) is 21.0. The SMILES string of the molecule is CC1(C(=O)O)CCCN1C(=O)CNS(=O)(=O)c1cccc(C(F)(F)F)c1. The molecule has 0 spiro atoms. The Labute approximate surface area is 147 Å². The van der Waals surface area contributed by atoms with E-state index in [2.05, 4.69) is 0 Å². The Balaban J connectivity index is 2.14. The molecule has 11 heteroatoms. The van der Waals surface area contributed by atoms with Gasteiger partial charge in [-0.25, -0.2) is 17.9 Å². The van der Waals surface area contributed by atoms with Crippen molar-refractivity contribution in [2.24, 2.45) is 0 Å².